The van der Waals surface area contributed by atoms with Crippen molar-refractivity contribution < 1.29 is 14.3 Å². The number of hydrogen-bond donors (Lipinski definition) is 2. The predicted molar refractivity (Wildman–Crippen MR) is 79.9 cm³/mol. The smallest absolute Gasteiger partial charge is 0.340 e. The first kappa shape index (κ1) is 14.9. The number of nitrogen functional groups attached to an aromatic ring is 1. The van der Waals surface area contributed by atoms with E-state index in [1.165, 1.54) is 12.1 Å². The van der Waals surface area contributed by atoms with Crippen LogP contribution in [0.4, 0.5) is 5.69 Å². The molecule has 0 saturated carbocycles. The van der Waals surface area contributed by atoms with Crippen molar-refractivity contribution in [2.24, 2.45) is 5.73 Å². The van der Waals surface area contributed by atoms with Gasteiger partial charge in [-0.05, 0) is 35.9 Å². The molecule has 2 aromatic rings. The summed E-state index contributed by atoms with van der Waals surface area (Å²) in [5.41, 5.74) is 12.5. The number of benzene rings is 2. The minimum atomic E-state index is -0.564. The Labute approximate surface area is 126 Å². The minimum Gasteiger partial charge on any atom is -0.457 e. The van der Waals surface area contributed by atoms with Crippen molar-refractivity contribution >= 4 is 29.2 Å². The molecule has 0 spiro atoms. The van der Waals surface area contributed by atoms with Crippen LogP contribution in [-0.2, 0) is 11.3 Å². The van der Waals surface area contributed by atoms with E-state index in [2.05, 4.69) is 0 Å². The summed E-state index contributed by atoms with van der Waals surface area (Å²) in [6.07, 6.45) is 0. The summed E-state index contributed by atoms with van der Waals surface area (Å²) >= 11 is 5.92. The lowest BCUT2D eigenvalue weighted by Gasteiger charge is -2.07. The molecule has 4 N–H and O–H groups in total. The number of esters is 1. The second-order valence-electron chi connectivity index (χ2n) is 4.38. The van der Waals surface area contributed by atoms with Crippen LogP contribution in [-0.4, -0.2) is 11.9 Å². The number of hydrogen-bond acceptors (Lipinski definition) is 4. The third kappa shape index (κ3) is 3.73. The Hall–Kier alpha value is -2.53. The van der Waals surface area contributed by atoms with E-state index in [-0.39, 0.29) is 17.2 Å². The number of halogens is 1. The number of nitrogens with two attached hydrogens (primary N) is 2. The van der Waals surface area contributed by atoms with Crippen molar-refractivity contribution in [1.29, 1.82) is 0 Å². The van der Waals surface area contributed by atoms with Crippen molar-refractivity contribution in [3.8, 4) is 0 Å². The summed E-state index contributed by atoms with van der Waals surface area (Å²) in [5, 5.41) is 0.276. The summed E-state index contributed by atoms with van der Waals surface area (Å²) in [6, 6.07) is 11.1. The highest BCUT2D eigenvalue weighted by atomic mass is 35.5. The van der Waals surface area contributed by atoms with Crippen LogP contribution in [0.2, 0.25) is 5.02 Å². The van der Waals surface area contributed by atoms with Gasteiger partial charge in [0.25, 0.3) is 0 Å². The molecule has 21 heavy (non-hydrogen) atoms. The van der Waals surface area contributed by atoms with E-state index < -0.39 is 11.9 Å². The molecule has 5 nitrogen and oxygen atoms in total. The van der Waals surface area contributed by atoms with Gasteiger partial charge in [0.1, 0.15) is 6.61 Å². The van der Waals surface area contributed by atoms with E-state index in [0.717, 1.165) is 5.56 Å². The number of rotatable bonds is 4. The molecular formula is C15H13ClN2O3. The molecule has 0 heterocycles. The molecule has 0 saturated heterocycles. The Morgan fingerprint density at radius 3 is 2.38 bits per heavy atom. The van der Waals surface area contributed by atoms with Gasteiger partial charge < -0.3 is 16.2 Å². The van der Waals surface area contributed by atoms with Crippen molar-refractivity contribution in [2.75, 3.05) is 5.73 Å². The zero-order valence-corrected chi connectivity index (χ0v) is 11.8. The SMILES string of the molecule is NC(=O)c1ccc(COC(=O)c2cc(N)ccc2Cl)cc1. The molecule has 0 aromatic heterocycles. The maximum atomic E-state index is 11.9. The monoisotopic (exact) mass is 304 g/mol. The van der Waals surface area contributed by atoms with Gasteiger partial charge in [-0.15, -0.1) is 0 Å². The summed E-state index contributed by atoms with van der Waals surface area (Å²) in [6.45, 7) is 0.0585. The average molecular weight is 305 g/mol. The Bertz CT molecular complexity index is 684. The lowest BCUT2D eigenvalue weighted by molar-refractivity contribution is 0.0472. The molecule has 6 heteroatoms. The van der Waals surface area contributed by atoms with E-state index in [4.69, 9.17) is 27.8 Å². The molecule has 108 valence electrons. The summed E-state index contributed by atoms with van der Waals surface area (Å²) < 4.78 is 5.16. The number of ether oxygens (including phenoxy) is 1. The van der Waals surface area contributed by atoms with E-state index in [0.29, 0.717) is 11.3 Å². The van der Waals surface area contributed by atoms with Gasteiger partial charge in [-0.1, -0.05) is 23.7 Å². The van der Waals surface area contributed by atoms with Crippen LogP contribution in [0.25, 0.3) is 0 Å². The molecule has 0 atom stereocenters. The topological polar surface area (TPSA) is 95.4 Å². The Morgan fingerprint density at radius 2 is 1.76 bits per heavy atom. The maximum absolute atomic E-state index is 11.9. The second kappa shape index (κ2) is 6.28. The minimum absolute atomic E-state index is 0.0585. The fourth-order valence-electron chi connectivity index (χ4n) is 1.69. The number of carbonyl (C=O) groups is 2. The summed E-state index contributed by atoms with van der Waals surface area (Å²) in [5.74, 6) is -1.07. The van der Waals surface area contributed by atoms with Crippen LogP contribution in [0.5, 0.6) is 0 Å². The largest absolute Gasteiger partial charge is 0.457 e. The fraction of sp³-hybridized carbons (Fsp3) is 0.0667. The quantitative estimate of drug-likeness (QED) is 0.669. The number of primary amides is 1. The Morgan fingerprint density at radius 1 is 1.10 bits per heavy atom. The zero-order valence-electron chi connectivity index (χ0n) is 11.0. The maximum Gasteiger partial charge on any atom is 0.340 e. The lowest BCUT2D eigenvalue weighted by Crippen LogP contribution is -2.11. The van der Waals surface area contributed by atoms with Crippen LogP contribution in [0, 0.1) is 0 Å². The zero-order chi connectivity index (χ0) is 15.4. The average Bonchev–Trinajstić information content (AvgIpc) is 2.47. The van der Waals surface area contributed by atoms with Crippen molar-refractivity contribution in [3.63, 3.8) is 0 Å². The van der Waals surface area contributed by atoms with Crippen LogP contribution in [0.3, 0.4) is 0 Å². The van der Waals surface area contributed by atoms with Crippen molar-refractivity contribution in [2.45, 2.75) is 6.61 Å². The first-order valence-corrected chi connectivity index (χ1v) is 6.46. The van der Waals surface area contributed by atoms with Gasteiger partial charge in [-0.2, -0.15) is 0 Å². The van der Waals surface area contributed by atoms with Crippen molar-refractivity contribution in [1.82, 2.24) is 0 Å². The molecular weight excluding hydrogens is 292 g/mol. The normalized spacial score (nSPS) is 10.1. The van der Waals surface area contributed by atoms with Crippen LogP contribution in [0.1, 0.15) is 26.3 Å². The standard InChI is InChI=1S/C15H13ClN2O3/c16-13-6-5-11(17)7-12(13)15(20)21-8-9-1-3-10(4-2-9)14(18)19/h1-7H,8,17H2,(H2,18,19). The fourth-order valence-corrected chi connectivity index (χ4v) is 1.89. The number of amides is 1. The van der Waals surface area contributed by atoms with Gasteiger partial charge in [0.05, 0.1) is 10.6 Å². The van der Waals surface area contributed by atoms with Gasteiger partial charge in [0.15, 0.2) is 0 Å². The first-order valence-electron chi connectivity index (χ1n) is 6.08. The Kier molecular flexibility index (Phi) is 4.45. The predicted octanol–water partition coefficient (Wildman–Crippen LogP) is 2.38. The van der Waals surface area contributed by atoms with Gasteiger partial charge in [0.2, 0.25) is 5.91 Å². The highest BCUT2D eigenvalue weighted by Gasteiger charge is 2.12. The molecule has 0 radical (unpaired) electrons. The summed E-state index contributed by atoms with van der Waals surface area (Å²) in [4.78, 5) is 22.9. The van der Waals surface area contributed by atoms with Gasteiger partial charge in [0, 0.05) is 11.3 Å². The highest BCUT2D eigenvalue weighted by Crippen LogP contribution is 2.20. The van der Waals surface area contributed by atoms with E-state index >= 15 is 0 Å². The summed E-state index contributed by atoms with van der Waals surface area (Å²) in [7, 11) is 0. The van der Waals surface area contributed by atoms with E-state index in [1.54, 1.807) is 30.3 Å². The number of anilines is 1. The van der Waals surface area contributed by atoms with Gasteiger partial charge in [-0.3, -0.25) is 4.79 Å². The third-order valence-corrected chi connectivity index (χ3v) is 3.15. The van der Waals surface area contributed by atoms with Crippen LogP contribution in [0.15, 0.2) is 42.5 Å². The van der Waals surface area contributed by atoms with E-state index in [1.807, 2.05) is 0 Å². The molecule has 0 aliphatic carbocycles. The molecule has 0 fully saturated rings. The second-order valence-corrected chi connectivity index (χ2v) is 4.78. The van der Waals surface area contributed by atoms with E-state index in [9.17, 15) is 9.59 Å². The van der Waals surface area contributed by atoms with Crippen molar-refractivity contribution in [3.05, 3.63) is 64.2 Å². The van der Waals surface area contributed by atoms with Gasteiger partial charge >= 0.3 is 5.97 Å². The third-order valence-electron chi connectivity index (χ3n) is 2.82. The molecule has 0 unspecified atom stereocenters. The molecule has 2 aromatic carbocycles. The molecule has 0 aliphatic rings. The Balaban J connectivity index is 2.04. The molecule has 0 aliphatic heterocycles. The lowest BCUT2D eigenvalue weighted by atomic mass is 10.1. The van der Waals surface area contributed by atoms with Crippen LogP contribution >= 0.6 is 11.6 Å². The van der Waals surface area contributed by atoms with Gasteiger partial charge in [-0.25, -0.2) is 4.79 Å². The first-order chi connectivity index (χ1) is 9.97. The molecule has 2 rings (SSSR count). The van der Waals surface area contributed by atoms with Crippen LogP contribution < -0.4 is 11.5 Å². The highest BCUT2D eigenvalue weighted by molar-refractivity contribution is 6.33. The molecule has 0 bridgehead atoms. The molecule has 1 amide bonds. The number of carbonyl (C=O) groups excluding carboxylic acids is 2.